The summed E-state index contributed by atoms with van der Waals surface area (Å²) in [4.78, 5) is 1.42. The van der Waals surface area contributed by atoms with E-state index in [9.17, 15) is 0 Å². The molecule has 0 radical (unpaired) electrons. The Morgan fingerprint density at radius 2 is 2.17 bits per heavy atom. The molecule has 1 aromatic carbocycles. The van der Waals surface area contributed by atoms with E-state index in [1.54, 1.807) is 0 Å². The van der Waals surface area contributed by atoms with E-state index in [0.717, 1.165) is 17.4 Å². The van der Waals surface area contributed by atoms with Crippen LogP contribution in [0.1, 0.15) is 35.4 Å². The smallest absolute Gasteiger partial charge is 0.0674 e. The van der Waals surface area contributed by atoms with Crippen LogP contribution in [-0.2, 0) is 0 Å². The van der Waals surface area contributed by atoms with Gasteiger partial charge >= 0.3 is 0 Å². The van der Waals surface area contributed by atoms with Crippen LogP contribution in [0.15, 0.2) is 40.2 Å². The molecule has 0 saturated heterocycles. The van der Waals surface area contributed by atoms with E-state index in [4.69, 9.17) is 0 Å². The van der Waals surface area contributed by atoms with Gasteiger partial charge in [0, 0.05) is 9.35 Å². The second-order valence-corrected chi connectivity index (χ2v) is 6.27. The first-order valence-corrected chi connectivity index (χ1v) is 7.92. The minimum absolute atomic E-state index is 0.308. The zero-order chi connectivity index (χ0) is 13.0. The van der Waals surface area contributed by atoms with Gasteiger partial charge < -0.3 is 5.32 Å². The summed E-state index contributed by atoms with van der Waals surface area (Å²) in [6.45, 7) is 5.42. The van der Waals surface area contributed by atoms with Gasteiger partial charge in [-0.05, 0) is 54.6 Å². The Bertz CT molecular complexity index is 507. The zero-order valence-electron chi connectivity index (χ0n) is 10.7. The first-order valence-electron chi connectivity index (χ1n) is 6.25. The Labute approximate surface area is 121 Å². The fourth-order valence-corrected chi connectivity index (χ4v) is 3.46. The van der Waals surface area contributed by atoms with Gasteiger partial charge in [0.05, 0.1) is 6.04 Å². The number of thiophene rings is 1. The quantitative estimate of drug-likeness (QED) is 0.824. The number of halogens is 1. The Hall–Kier alpha value is -0.640. The maximum absolute atomic E-state index is 3.65. The van der Waals surface area contributed by atoms with Crippen molar-refractivity contribution in [2.75, 3.05) is 6.54 Å². The van der Waals surface area contributed by atoms with Crippen molar-refractivity contribution in [3.63, 3.8) is 0 Å². The van der Waals surface area contributed by atoms with Crippen LogP contribution < -0.4 is 5.32 Å². The van der Waals surface area contributed by atoms with Crippen molar-refractivity contribution in [3.05, 3.63) is 56.2 Å². The normalized spacial score (nSPS) is 12.6. The third-order valence-electron chi connectivity index (χ3n) is 2.94. The lowest BCUT2D eigenvalue weighted by Gasteiger charge is -2.19. The molecule has 18 heavy (non-hydrogen) atoms. The van der Waals surface area contributed by atoms with Crippen molar-refractivity contribution in [3.8, 4) is 0 Å². The fraction of sp³-hybridized carbons (Fsp3) is 0.333. The first kappa shape index (κ1) is 13.8. The van der Waals surface area contributed by atoms with E-state index in [-0.39, 0.29) is 0 Å². The number of hydrogen-bond acceptors (Lipinski definition) is 2. The van der Waals surface area contributed by atoms with Crippen molar-refractivity contribution in [1.29, 1.82) is 0 Å². The Balaban J connectivity index is 2.33. The Kier molecular flexibility index (Phi) is 4.98. The molecule has 0 aliphatic carbocycles. The van der Waals surface area contributed by atoms with E-state index in [1.165, 1.54) is 16.0 Å². The summed E-state index contributed by atoms with van der Waals surface area (Å²) < 4.78 is 1.14. The van der Waals surface area contributed by atoms with Gasteiger partial charge in [-0.2, -0.15) is 0 Å². The van der Waals surface area contributed by atoms with Crippen LogP contribution in [0.2, 0.25) is 0 Å². The SMILES string of the molecule is CCCNC(c1cccc(Br)c1)c1sccc1C. The van der Waals surface area contributed by atoms with Crippen LogP contribution in [0.25, 0.3) is 0 Å². The molecule has 96 valence electrons. The third kappa shape index (κ3) is 3.22. The monoisotopic (exact) mass is 323 g/mol. The maximum Gasteiger partial charge on any atom is 0.0674 e. The highest BCUT2D eigenvalue weighted by Gasteiger charge is 2.16. The highest BCUT2D eigenvalue weighted by Crippen LogP contribution is 2.30. The van der Waals surface area contributed by atoms with E-state index in [0.29, 0.717) is 6.04 Å². The molecule has 3 heteroatoms. The van der Waals surface area contributed by atoms with Gasteiger partial charge in [0.2, 0.25) is 0 Å². The summed E-state index contributed by atoms with van der Waals surface area (Å²) in [6.07, 6.45) is 1.15. The molecule has 1 unspecified atom stereocenters. The fourth-order valence-electron chi connectivity index (χ4n) is 2.02. The molecular weight excluding hydrogens is 306 g/mol. The third-order valence-corrected chi connectivity index (χ3v) is 4.52. The summed E-state index contributed by atoms with van der Waals surface area (Å²) in [6, 6.07) is 11.1. The van der Waals surface area contributed by atoms with Crippen LogP contribution in [0.3, 0.4) is 0 Å². The Morgan fingerprint density at radius 1 is 1.33 bits per heavy atom. The van der Waals surface area contributed by atoms with Crippen molar-refractivity contribution < 1.29 is 0 Å². The van der Waals surface area contributed by atoms with Gasteiger partial charge in [-0.1, -0.05) is 35.0 Å². The minimum atomic E-state index is 0.308. The molecule has 1 N–H and O–H groups in total. The molecule has 0 amide bonds. The number of aryl methyl sites for hydroxylation is 1. The molecule has 0 saturated carbocycles. The van der Waals surface area contributed by atoms with Crippen LogP contribution in [0.4, 0.5) is 0 Å². The molecule has 1 aromatic heterocycles. The number of benzene rings is 1. The molecule has 1 nitrogen and oxygen atoms in total. The predicted molar refractivity (Wildman–Crippen MR) is 83.3 cm³/mol. The van der Waals surface area contributed by atoms with Gasteiger partial charge in [0.1, 0.15) is 0 Å². The zero-order valence-corrected chi connectivity index (χ0v) is 13.1. The lowest BCUT2D eigenvalue weighted by Crippen LogP contribution is -2.22. The van der Waals surface area contributed by atoms with Gasteiger partial charge in [0.15, 0.2) is 0 Å². The largest absolute Gasteiger partial charge is 0.306 e. The molecule has 0 aliphatic rings. The molecule has 0 aliphatic heterocycles. The molecule has 2 aromatic rings. The molecule has 0 bridgehead atoms. The molecule has 0 spiro atoms. The highest BCUT2D eigenvalue weighted by molar-refractivity contribution is 9.10. The minimum Gasteiger partial charge on any atom is -0.306 e. The molecule has 2 rings (SSSR count). The van der Waals surface area contributed by atoms with Gasteiger partial charge in [0.25, 0.3) is 0 Å². The summed E-state index contributed by atoms with van der Waals surface area (Å²) in [5, 5.41) is 5.82. The average molecular weight is 324 g/mol. The Morgan fingerprint density at radius 3 is 2.78 bits per heavy atom. The summed E-state index contributed by atoms with van der Waals surface area (Å²) in [5.74, 6) is 0. The van der Waals surface area contributed by atoms with Gasteiger partial charge in [-0.15, -0.1) is 11.3 Å². The van der Waals surface area contributed by atoms with Crippen molar-refractivity contribution >= 4 is 27.3 Å². The summed E-state index contributed by atoms with van der Waals surface area (Å²) >= 11 is 5.39. The van der Waals surface area contributed by atoms with Crippen LogP contribution >= 0.6 is 27.3 Å². The summed E-state index contributed by atoms with van der Waals surface area (Å²) in [7, 11) is 0. The lowest BCUT2D eigenvalue weighted by molar-refractivity contribution is 0.604. The van der Waals surface area contributed by atoms with Crippen LogP contribution in [0.5, 0.6) is 0 Å². The maximum atomic E-state index is 3.65. The molecule has 1 atom stereocenters. The van der Waals surface area contributed by atoms with Crippen molar-refractivity contribution in [2.24, 2.45) is 0 Å². The molecule has 1 heterocycles. The van der Waals surface area contributed by atoms with Crippen LogP contribution in [-0.4, -0.2) is 6.54 Å². The summed E-state index contributed by atoms with van der Waals surface area (Å²) in [5.41, 5.74) is 2.69. The standard InChI is InChI=1S/C15H18BrNS/c1-3-8-17-14(15-11(2)7-9-18-15)12-5-4-6-13(16)10-12/h4-7,9-10,14,17H,3,8H2,1-2H3. The number of rotatable bonds is 5. The van der Waals surface area contributed by atoms with Crippen molar-refractivity contribution in [2.45, 2.75) is 26.3 Å². The molecular formula is C15H18BrNS. The second kappa shape index (κ2) is 6.50. The van der Waals surface area contributed by atoms with E-state index < -0.39 is 0 Å². The predicted octanol–water partition coefficient (Wildman–Crippen LogP) is 4.91. The van der Waals surface area contributed by atoms with Crippen molar-refractivity contribution in [1.82, 2.24) is 5.32 Å². The lowest BCUT2D eigenvalue weighted by atomic mass is 10.0. The topological polar surface area (TPSA) is 12.0 Å². The highest BCUT2D eigenvalue weighted by atomic mass is 79.9. The van der Waals surface area contributed by atoms with Gasteiger partial charge in [-0.3, -0.25) is 0 Å². The molecule has 0 fully saturated rings. The second-order valence-electron chi connectivity index (χ2n) is 4.41. The van der Waals surface area contributed by atoms with Gasteiger partial charge in [-0.25, -0.2) is 0 Å². The van der Waals surface area contributed by atoms with E-state index >= 15 is 0 Å². The van der Waals surface area contributed by atoms with E-state index in [2.05, 4.69) is 70.8 Å². The number of nitrogens with one attached hydrogen (secondary N) is 1. The van der Waals surface area contributed by atoms with Crippen LogP contribution in [0, 0.1) is 6.92 Å². The first-order chi connectivity index (χ1) is 8.72. The van der Waals surface area contributed by atoms with E-state index in [1.807, 2.05) is 11.3 Å². The average Bonchev–Trinajstić information content (AvgIpc) is 2.77. The number of hydrogen-bond donors (Lipinski definition) is 1.